The van der Waals surface area contributed by atoms with Crippen LogP contribution in [0.1, 0.15) is 10.7 Å². The third-order valence-corrected chi connectivity index (χ3v) is 2.43. The molecule has 0 radical (unpaired) electrons. The number of carboxylic acids is 1. The van der Waals surface area contributed by atoms with Gasteiger partial charge in [0.2, 0.25) is 5.82 Å². The molecule has 1 N–H and O–H groups in total. The predicted octanol–water partition coefficient (Wildman–Crippen LogP) is 2.04. The van der Waals surface area contributed by atoms with Crippen molar-refractivity contribution in [1.82, 2.24) is 10.1 Å². The van der Waals surface area contributed by atoms with Crippen LogP contribution in [0.4, 0.5) is 0 Å². The van der Waals surface area contributed by atoms with Gasteiger partial charge in [-0.3, -0.25) is 0 Å². The van der Waals surface area contributed by atoms with E-state index in [-0.39, 0.29) is 5.82 Å². The van der Waals surface area contributed by atoms with E-state index in [4.69, 9.17) is 5.11 Å². The van der Waals surface area contributed by atoms with Crippen molar-refractivity contribution in [3.63, 3.8) is 0 Å². The summed E-state index contributed by atoms with van der Waals surface area (Å²) in [6.07, 6.45) is 0. The summed E-state index contributed by atoms with van der Waals surface area (Å²) >= 11 is 2.17. The zero-order valence-corrected chi connectivity index (χ0v) is 9.50. The van der Waals surface area contributed by atoms with Crippen molar-refractivity contribution in [3.8, 4) is 11.4 Å². The number of carbonyl (C=O) groups is 1. The molecule has 2 aromatic rings. The lowest BCUT2D eigenvalue weighted by molar-refractivity contribution is 0.0643. The van der Waals surface area contributed by atoms with Crippen molar-refractivity contribution >= 4 is 28.6 Å². The van der Waals surface area contributed by atoms with Crippen LogP contribution in [-0.2, 0) is 0 Å². The lowest BCUT2D eigenvalue weighted by atomic mass is 10.2. The molecule has 0 fully saturated rings. The molecule has 5 nitrogen and oxygen atoms in total. The van der Waals surface area contributed by atoms with Gasteiger partial charge in [0.1, 0.15) is 0 Å². The summed E-state index contributed by atoms with van der Waals surface area (Å²) < 4.78 is 5.63. The summed E-state index contributed by atoms with van der Waals surface area (Å²) in [5.41, 5.74) is 0.728. The van der Waals surface area contributed by atoms with Gasteiger partial charge in [-0.1, -0.05) is 17.3 Å². The quantitative estimate of drug-likeness (QED) is 0.858. The van der Waals surface area contributed by atoms with E-state index in [9.17, 15) is 4.79 Å². The van der Waals surface area contributed by atoms with Crippen LogP contribution in [-0.4, -0.2) is 21.2 Å². The van der Waals surface area contributed by atoms with Crippen molar-refractivity contribution in [3.05, 3.63) is 33.7 Å². The van der Waals surface area contributed by atoms with E-state index < -0.39 is 11.9 Å². The molecule has 0 amide bonds. The van der Waals surface area contributed by atoms with Gasteiger partial charge >= 0.3 is 11.9 Å². The Morgan fingerprint density at radius 3 is 2.53 bits per heavy atom. The van der Waals surface area contributed by atoms with Crippen molar-refractivity contribution in [2.24, 2.45) is 0 Å². The molecule has 0 bridgehead atoms. The molecule has 2 rings (SSSR count). The van der Waals surface area contributed by atoms with E-state index in [0.717, 1.165) is 9.13 Å². The standard InChI is InChI=1S/C9H5IN2O3/c10-6-3-1-5(2-4-6)7-11-8(9(13)14)15-12-7/h1-4H,(H,13,14). The highest BCUT2D eigenvalue weighted by Crippen LogP contribution is 2.17. The second-order valence-electron chi connectivity index (χ2n) is 2.74. The fraction of sp³-hybridized carbons (Fsp3) is 0. The Labute approximate surface area is 98.3 Å². The fourth-order valence-electron chi connectivity index (χ4n) is 1.03. The summed E-state index contributed by atoms with van der Waals surface area (Å²) in [6, 6.07) is 7.37. The number of carboxylic acid groups (broad SMARTS) is 1. The minimum absolute atomic E-state index is 0.281. The van der Waals surface area contributed by atoms with Gasteiger partial charge < -0.3 is 9.63 Å². The molecule has 0 atom stereocenters. The highest BCUT2D eigenvalue weighted by Gasteiger charge is 2.13. The zero-order valence-electron chi connectivity index (χ0n) is 7.35. The van der Waals surface area contributed by atoms with Gasteiger partial charge in [-0.25, -0.2) is 4.79 Å². The molecule has 15 heavy (non-hydrogen) atoms. The number of nitrogens with zero attached hydrogens (tertiary/aromatic N) is 2. The summed E-state index contributed by atoms with van der Waals surface area (Å²) in [4.78, 5) is 14.2. The largest absolute Gasteiger partial charge is 0.474 e. The zero-order chi connectivity index (χ0) is 10.8. The van der Waals surface area contributed by atoms with Gasteiger partial charge in [0, 0.05) is 9.13 Å². The third kappa shape index (κ3) is 2.14. The van der Waals surface area contributed by atoms with Gasteiger partial charge in [0.15, 0.2) is 0 Å². The van der Waals surface area contributed by atoms with E-state index >= 15 is 0 Å². The average molecular weight is 316 g/mol. The smallest absolute Gasteiger partial charge is 0.394 e. The molecule has 0 unspecified atom stereocenters. The minimum Gasteiger partial charge on any atom is -0.474 e. The first-order valence-corrected chi connectivity index (χ1v) is 5.07. The van der Waals surface area contributed by atoms with Crippen LogP contribution in [0.15, 0.2) is 28.8 Å². The second-order valence-corrected chi connectivity index (χ2v) is 3.98. The Bertz CT molecular complexity index is 492. The van der Waals surface area contributed by atoms with Crippen LogP contribution < -0.4 is 0 Å². The number of rotatable bonds is 2. The first-order valence-electron chi connectivity index (χ1n) is 4.00. The van der Waals surface area contributed by atoms with Crippen molar-refractivity contribution in [2.45, 2.75) is 0 Å². The number of hydrogen-bond donors (Lipinski definition) is 1. The summed E-state index contributed by atoms with van der Waals surface area (Å²) in [5, 5.41) is 12.2. The molecular formula is C9H5IN2O3. The van der Waals surface area contributed by atoms with Crippen molar-refractivity contribution < 1.29 is 14.4 Å². The Hall–Kier alpha value is -1.44. The monoisotopic (exact) mass is 316 g/mol. The van der Waals surface area contributed by atoms with Gasteiger partial charge in [0.25, 0.3) is 0 Å². The lowest BCUT2D eigenvalue weighted by Gasteiger charge is -1.92. The highest BCUT2D eigenvalue weighted by atomic mass is 127. The van der Waals surface area contributed by atoms with Gasteiger partial charge in [-0.15, -0.1) is 0 Å². The number of aromatic carboxylic acids is 1. The van der Waals surface area contributed by atoms with Gasteiger partial charge in [-0.05, 0) is 34.7 Å². The second kappa shape index (κ2) is 3.97. The topological polar surface area (TPSA) is 76.2 Å². The number of aromatic nitrogens is 2. The Kier molecular flexibility index (Phi) is 2.67. The molecule has 0 spiro atoms. The SMILES string of the molecule is O=C(O)c1nc(-c2ccc(I)cc2)no1. The van der Waals surface area contributed by atoms with E-state index in [0.29, 0.717) is 0 Å². The molecule has 1 aromatic heterocycles. The van der Waals surface area contributed by atoms with E-state index in [1.807, 2.05) is 12.1 Å². The molecule has 0 aliphatic rings. The molecule has 0 saturated carbocycles. The normalized spacial score (nSPS) is 10.2. The van der Waals surface area contributed by atoms with Crippen molar-refractivity contribution in [1.29, 1.82) is 0 Å². The average Bonchev–Trinajstić information content (AvgIpc) is 2.68. The molecule has 6 heteroatoms. The predicted molar refractivity (Wildman–Crippen MR) is 59.4 cm³/mol. The van der Waals surface area contributed by atoms with Crippen LogP contribution in [0.5, 0.6) is 0 Å². The molecule has 0 aliphatic heterocycles. The number of benzene rings is 1. The van der Waals surface area contributed by atoms with Crippen LogP contribution in [0.3, 0.4) is 0 Å². The van der Waals surface area contributed by atoms with Crippen LogP contribution in [0.2, 0.25) is 0 Å². The minimum atomic E-state index is -1.22. The van der Waals surface area contributed by atoms with Crippen LogP contribution in [0.25, 0.3) is 11.4 Å². The number of hydrogen-bond acceptors (Lipinski definition) is 4. The maximum atomic E-state index is 10.5. The van der Waals surface area contributed by atoms with Gasteiger partial charge in [-0.2, -0.15) is 4.98 Å². The first kappa shape index (κ1) is 10.1. The van der Waals surface area contributed by atoms with E-state index in [2.05, 4.69) is 37.3 Å². The first-order chi connectivity index (χ1) is 7.16. The van der Waals surface area contributed by atoms with Crippen molar-refractivity contribution in [2.75, 3.05) is 0 Å². The Morgan fingerprint density at radius 1 is 1.33 bits per heavy atom. The maximum Gasteiger partial charge on any atom is 0.394 e. The van der Waals surface area contributed by atoms with Crippen LogP contribution in [0, 0.1) is 3.57 Å². The summed E-state index contributed by atoms with van der Waals surface area (Å²) in [6.45, 7) is 0. The lowest BCUT2D eigenvalue weighted by Crippen LogP contribution is -1.95. The fourth-order valence-corrected chi connectivity index (χ4v) is 1.39. The number of halogens is 1. The molecule has 1 aromatic carbocycles. The molecule has 76 valence electrons. The molecular weight excluding hydrogens is 311 g/mol. The maximum absolute atomic E-state index is 10.5. The molecule has 1 heterocycles. The molecule has 0 aliphatic carbocycles. The van der Waals surface area contributed by atoms with Crippen LogP contribution >= 0.6 is 22.6 Å². The highest BCUT2D eigenvalue weighted by molar-refractivity contribution is 14.1. The third-order valence-electron chi connectivity index (χ3n) is 1.71. The Balaban J connectivity index is 2.37. The van der Waals surface area contributed by atoms with E-state index in [1.165, 1.54) is 0 Å². The molecule has 0 saturated heterocycles. The Morgan fingerprint density at radius 2 is 2.00 bits per heavy atom. The van der Waals surface area contributed by atoms with Gasteiger partial charge in [0.05, 0.1) is 0 Å². The summed E-state index contributed by atoms with van der Waals surface area (Å²) in [5.74, 6) is -1.34. The van der Waals surface area contributed by atoms with E-state index in [1.54, 1.807) is 12.1 Å². The summed E-state index contributed by atoms with van der Waals surface area (Å²) in [7, 11) is 0.